The van der Waals surface area contributed by atoms with Crippen LogP contribution in [0.15, 0.2) is 22.7 Å². The summed E-state index contributed by atoms with van der Waals surface area (Å²) in [5.74, 6) is 2.65. The highest BCUT2D eigenvalue weighted by molar-refractivity contribution is 9.10. The Kier molecular flexibility index (Phi) is 3.52. The molecule has 0 nitrogen and oxygen atoms in total. The van der Waals surface area contributed by atoms with E-state index < -0.39 is 8.07 Å². The molecule has 0 atom stereocenters. The highest BCUT2D eigenvalue weighted by atomic mass is 79.9. The summed E-state index contributed by atoms with van der Waals surface area (Å²) in [6.07, 6.45) is 0. The van der Waals surface area contributed by atoms with Gasteiger partial charge in [0.05, 0.1) is 5.56 Å². The molecule has 0 aromatic heterocycles. The van der Waals surface area contributed by atoms with Gasteiger partial charge in [0, 0.05) is 4.47 Å². The summed E-state index contributed by atoms with van der Waals surface area (Å²) in [4.78, 5) is 0. The number of rotatable bonds is 0. The molecule has 0 N–H and O–H groups in total. The van der Waals surface area contributed by atoms with Gasteiger partial charge in [-0.05, 0) is 18.2 Å². The summed E-state index contributed by atoms with van der Waals surface area (Å²) < 4.78 is 14.1. The lowest BCUT2D eigenvalue weighted by Gasteiger charge is -2.03. The fraction of sp³-hybridized carbons (Fsp3) is 0.273. The third-order valence-corrected chi connectivity index (χ3v) is 2.87. The van der Waals surface area contributed by atoms with Crippen LogP contribution < -0.4 is 0 Å². The molecule has 0 spiro atoms. The Morgan fingerprint density at radius 2 is 1.93 bits per heavy atom. The van der Waals surface area contributed by atoms with Gasteiger partial charge >= 0.3 is 0 Å². The molecule has 1 aromatic rings. The molecule has 3 heteroatoms. The van der Waals surface area contributed by atoms with Crippen molar-refractivity contribution in [2.24, 2.45) is 0 Å². The molecule has 0 saturated heterocycles. The van der Waals surface area contributed by atoms with Crippen LogP contribution in [0.1, 0.15) is 5.56 Å². The zero-order valence-electron chi connectivity index (χ0n) is 8.49. The standard InChI is InChI=1S/C11H12BrFSi/c1-14(2,3)7-6-9-8-10(12)4-5-11(9)13/h4-5,8H,1-3H3. The lowest BCUT2D eigenvalue weighted by Crippen LogP contribution is -2.16. The maximum atomic E-state index is 13.2. The third kappa shape index (κ3) is 3.65. The van der Waals surface area contributed by atoms with Crippen LogP contribution in [-0.2, 0) is 0 Å². The Bertz CT molecular complexity index is 396. The summed E-state index contributed by atoms with van der Waals surface area (Å²) in [5.41, 5.74) is 3.61. The number of hydrogen-bond donors (Lipinski definition) is 0. The summed E-state index contributed by atoms with van der Waals surface area (Å²) in [5, 5.41) is 0. The fourth-order valence-electron chi connectivity index (χ4n) is 0.848. The van der Waals surface area contributed by atoms with Crippen LogP contribution in [0.5, 0.6) is 0 Å². The average molecular weight is 271 g/mol. The van der Waals surface area contributed by atoms with Crippen molar-refractivity contribution in [3.8, 4) is 11.5 Å². The Morgan fingerprint density at radius 3 is 2.50 bits per heavy atom. The normalized spacial score (nSPS) is 10.6. The predicted octanol–water partition coefficient (Wildman–Crippen LogP) is 3.82. The molecule has 1 aromatic carbocycles. The van der Waals surface area contributed by atoms with Crippen LogP contribution >= 0.6 is 15.9 Å². The largest absolute Gasteiger partial charge is 0.206 e. The summed E-state index contributed by atoms with van der Waals surface area (Å²) in [6.45, 7) is 6.40. The van der Waals surface area contributed by atoms with Gasteiger partial charge in [0.15, 0.2) is 0 Å². The van der Waals surface area contributed by atoms with E-state index in [4.69, 9.17) is 0 Å². The van der Waals surface area contributed by atoms with Crippen molar-refractivity contribution < 1.29 is 4.39 Å². The molecule has 74 valence electrons. The minimum atomic E-state index is -1.42. The van der Waals surface area contributed by atoms with E-state index in [1.807, 2.05) is 0 Å². The van der Waals surface area contributed by atoms with Gasteiger partial charge in [-0.1, -0.05) is 41.5 Å². The molecule has 0 heterocycles. The van der Waals surface area contributed by atoms with Crippen LogP contribution in [0, 0.1) is 17.3 Å². The molecule has 0 radical (unpaired) electrons. The van der Waals surface area contributed by atoms with E-state index >= 15 is 0 Å². The molecule has 0 bridgehead atoms. The summed E-state index contributed by atoms with van der Waals surface area (Å²) >= 11 is 3.29. The molecule has 0 aliphatic carbocycles. The number of benzene rings is 1. The van der Waals surface area contributed by atoms with Gasteiger partial charge in [-0.2, -0.15) is 0 Å². The van der Waals surface area contributed by atoms with E-state index in [1.165, 1.54) is 6.07 Å². The molecule has 0 fully saturated rings. The fourth-order valence-corrected chi connectivity index (χ4v) is 1.72. The van der Waals surface area contributed by atoms with Crippen molar-refractivity contribution in [3.05, 3.63) is 34.1 Å². The zero-order chi connectivity index (χ0) is 10.8. The van der Waals surface area contributed by atoms with Gasteiger partial charge < -0.3 is 0 Å². The topological polar surface area (TPSA) is 0 Å². The first kappa shape index (κ1) is 11.5. The molecule has 14 heavy (non-hydrogen) atoms. The van der Waals surface area contributed by atoms with Crippen LogP contribution in [-0.4, -0.2) is 8.07 Å². The van der Waals surface area contributed by atoms with Crippen LogP contribution in [0.3, 0.4) is 0 Å². The quantitative estimate of drug-likeness (QED) is 0.497. The van der Waals surface area contributed by atoms with Gasteiger partial charge in [-0.15, -0.1) is 5.54 Å². The predicted molar refractivity (Wildman–Crippen MR) is 64.3 cm³/mol. The van der Waals surface area contributed by atoms with E-state index in [-0.39, 0.29) is 5.82 Å². The average Bonchev–Trinajstić information content (AvgIpc) is 2.05. The van der Waals surface area contributed by atoms with Gasteiger partial charge in [-0.3, -0.25) is 0 Å². The monoisotopic (exact) mass is 270 g/mol. The van der Waals surface area contributed by atoms with Crippen LogP contribution in [0.25, 0.3) is 0 Å². The second-order valence-electron chi connectivity index (χ2n) is 4.12. The lowest BCUT2D eigenvalue weighted by atomic mass is 10.2. The van der Waals surface area contributed by atoms with Crippen LogP contribution in [0.4, 0.5) is 4.39 Å². The van der Waals surface area contributed by atoms with Crippen molar-refractivity contribution in [2.45, 2.75) is 19.6 Å². The molecule has 0 aliphatic rings. The van der Waals surface area contributed by atoms with Gasteiger partial charge in [-0.25, -0.2) is 4.39 Å². The van der Waals surface area contributed by atoms with Gasteiger partial charge in [0.1, 0.15) is 13.9 Å². The van der Waals surface area contributed by atoms with Gasteiger partial charge in [0.25, 0.3) is 0 Å². The summed E-state index contributed by atoms with van der Waals surface area (Å²) in [6, 6.07) is 4.82. The molecule has 0 unspecified atom stereocenters. The minimum absolute atomic E-state index is 0.251. The molecule has 0 amide bonds. The van der Waals surface area contributed by atoms with E-state index in [0.717, 1.165) is 4.47 Å². The van der Waals surface area contributed by atoms with Crippen molar-refractivity contribution in [2.75, 3.05) is 0 Å². The van der Waals surface area contributed by atoms with E-state index in [2.05, 4.69) is 47.0 Å². The van der Waals surface area contributed by atoms with Gasteiger partial charge in [0.2, 0.25) is 0 Å². The Morgan fingerprint density at radius 1 is 1.29 bits per heavy atom. The number of hydrogen-bond acceptors (Lipinski definition) is 0. The summed E-state index contributed by atoms with van der Waals surface area (Å²) in [7, 11) is -1.42. The number of halogens is 2. The first-order chi connectivity index (χ1) is 6.38. The van der Waals surface area contributed by atoms with Crippen LogP contribution in [0.2, 0.25) is 19.6 Å². The molecular formula is C11H12BrFSi. The first-order valence-corrected chi connectivity index (χ1v) is 8.66. The molecular weight excluding hydrogens is 259 g/mol. The Hall–Kier alpha value is -0.593. The maximum Gasteiger partial charge on any atom is 0.138 e. The van der Waals surface area contributed by atoms with Crippen molar-refractivity contribution in [1.82, 2.24) is 0 Å². The minimum Gasteiger partial charge on any atom is -0.206 e. The van der Waals surface area contributed by atoms with E-state index in [9.17, 15) is 4.39 Å². The SMILES string of the molecule is C[Si](C)(C)C#Cc1cc(Br)ccc1F. The van der Waals surface area contributed by atoms with Crippen molar-refractivity contribution in [1.29, 1.82) is 0 Å². The smallest absolute Gasteiger partial charge is 0.138 e. The first-order valence-electron chi connectivity index (χ1n) is 4.37. The van der Waals surface area contributed by atoms with Crippen molar-refractivity contribution >= 4 is 24.0 Å². The van der Waals surface area contributed by atoms with E-state index in [0.29, 0.717) is 5.56 Å². The molecule has 0 aliphatic heterocycles. The second-order valence-corrected chi connectivity index (χ2v) is 9.79. The highest BCUT2D eigenvalue weighted by Gasteiger charge is 2.08. The second kappa shape index (κ2) is 4.29. The zero-order valence-corrected chi connectivity index (χ0v) is 11.1. The Balaban J connectivity index is 3.06. The maximum absolute atomic E-state index is 13.2. The lowest BCUT2D eigenvalue weighted by molar-refractivity contribution is 0.624. The molecule has 1 rings (SSSR count). The van der Waals surface area contributed by atoms with Crippen molar-refractivity contribution in [3.63, 3.8) is 0 Å². The van der Waals surface area contributed by atoms with E-state index in [1.54, 1.807) is 12.1 Å². The third-order valence-electron chi connectivity index (χ3n) is 1.50. The highest BCUT2D eigenvalue weighted by Crippen LogP contribution is 2.14. The Labute approximate surface area is 93.7 Å². The molecule has 0 saturated carbocycles.